The summed E-state index contributed by atoms with van der Waals surface area (Å²) in [5, 5.41) is 21.6. The van der Waals surface area contributed by atoms with Crippen molar-refractivity contribution in [3.05, 3.63) is 95.0 Å². The van der Waals surface area contributed by atoms with E-state index in [9.17, 15) is 14.3 Å². The molecular weight excluding hydrogens is 441 g/mol. The fraction of sp³-hybridized carbons (Fsp3) is 0.0833. The van der Waals surface area contributed by atoms with Crippen LogP contribution in [0.15, 0.2) is 73.2 Å². The Balaban J connectivity index is 1.62. The lowest BCUT2D eigenvalue weighted by Gasteiger charge is -2.21. The number of nitrogens with zero attached hydrogens (tertiary/aromatic N) is 2. The summed E-state index contributed by atoms with van der Waals surface area (Å²) >= 11 is 1.25. The van der Waals surface area contributed by atoms with Crippen LogP contribution in [-0.2, 0) is 0 Å². The summed E-state index contributed by atoms with van der Waals surface area (Å²) in [5.74, 6) is -1.44. The van der Waals surface area contributed by atoms with Crippen molar-refractivity contribution in [2.24, 2.45) is 0 Å². The number of carbonyl (C=O) groups excluding carboxylic acids is 1. The molecule has 7 nitrogen and oxygen atoms in total. The normalized spacial score (nSPS) is 11.7. The predicted molar refractivity (Wildman–Crippen MR) is 126 cm³/mol. The number of pyridine rings is 2. The van der Waals surface area contributed by atoms with E-state index in [0.717, 1.165) is 10.6 Å². The number of carbonyl (C=O) groups is 1. The molecule has 0 bridgehead atoms. The molecule has 33 heavy (non-hydrogen) atoms. The minimum absolute atomic E-state index is 0.0795. The van der Waals surface area contributed by atoms with Crippen molar-refractivity contribution < 1.29 is 14.3 Å². The van der Waals surface area contributed by atoms with Gasteiger partial charge in [-0.25, -0.2) is 4.39 Å². The van der Waals surface area contributed by atoms with Crippen molar-refractivity contribution in [2.45, 2.75) is 12.5 Å². The topological polar surface area (TPSA) is 125 Å². The molecule has 0 aliphatic heterocycles. The largest absolute Gasteiger partial charge is 0.507 e. The summed E-state index contributed by atoms with van der Waals surface area (Å²) < 4.78 is 14.7. The average Bonchev–Trinajstić information content (AvgIpc) is 3.30. The van der Waals surface area contributed by atoms with Gasteiger partial charge in [-0.3, -0.25) is 14.8 Å². The van der Waals surface area contributed by atoms with E-state index in [1.165, 1.54) is 41.9 Å². The van der Waals surface area contributed by atoms with E-state index in [1.54, 1.807) is 30.5 Å². The molecular formula is C24H20FN5O2S. The van der Waals surface area contributed by atoms with E-state index in [1.807, 2.05) is 12.1 Å². The number of nitrogens with one attached hydrogen (secondary N) is 2. The van der Waals surface area contributed by atoms with Gasteiger partial charge in [0.05, 0.1) is 32.7 Å². The van der Waals surface area contributed by atoms with Crippen LogP contribution < -0.4 is 11.1 Å². The average molecular weight is 462 g/mol. The van der Waals surface area contributed by atoms with Crippen molar-refractivity contribution in [1.29, 1.82) is 5.41 Å². The van der Waals surface area contributed by atoms with E-state index in [-0.39, 0.29) is 23.4 Å². The second kappa shape index (κ2) is 9.58. The first kappa shape index (κ1) is 22.1. The third-order valence-corrected chi connectivity index (χ3v) is 6.05. The first-order valence-corrected chi connectivity index (χ1v) is 10.8. The van der Waals surface area contributed by atoms with Crippen LogP contribution in [-0.4, -0.2) is 26.7 Å². The van der Waals surface area contributed by atoms with Gasteiger partial charge in [-0.05, 0) is 42.5 Å². The summed E-state index contributed by atoms with van der Waals surface area (Å²) in [4.78, 5) is 22.5. The Labute approximate surface area is 193 Å². The lowest BCUT2D eigenvalue weighted by molar-refractivity contribution is 0.0941. The molecule has 4 rings (SSSR count). The molecule has 1 amide bonds. The maximum Gasteiger partial charge on any atom is 0.261 e. The monoisotopic (exact) mass is 461 g/mol. The van der Waals surface area contributed by atoms with Crippen LogP contribution in [0.4, 0.5) is 10.1 Å². The quantitative estimate of drug-likeness (QED) is 0.300. The predicted octanol–water partition coefficient (Wildman–Crippen LogP) is 4.56. The van der Waals surface area contributed by atoms with E-state index < -0.39 is 17.8 Å². The van der Waals surface area contributed by atoms with E-state index >= 15 is 0 Å². The molecule has 1 unspecified atom stereocenters. The van der Waals surface area contributed by atoms with Crippen LogP contribution in [0, 0.1) is 11.2 Å². The number of halogens is 1. The molecule has 0 saturated heterocycles. The van der Waals surface area contributed by atoms with E-state index in [2.05, 4.69) is 15.3 Å². The number of aromatic nitrogens is 2. The maximum absolute atomic E-state index is 14.7. The fourth-order valence-electron chi connectivity index (χ4n) is 3.38. The van der Waals surface area contributed by atoms with Crippen LogP contribution in [0.1, 0.15) is 33.3 Å². The number of thiophene rings is 1. The van der Waals surface area contributed by atoms with Crippen LogP contribution in [0.5, 0.6) is 5.75 Å². The van der Waals surface area contributed by atoms with Gasteiger partial charge < -0.3 is 21.6 Å². The van der Waals surface area contributed by atoms with Crippen molar-refractivity contribution in [3.63, 3.8) is 0 Å². The molecule has 0 fully saturated rings. The van der Waals surface area contributed by atoms with Gasteiger partial charge in [0.1, 0.15) is 11.6 Å². The third-order valence-electron chi connectivity index (χ3n) is 4.95. The van der Waals surface area contributed by atoms with E-state index in [0.29, 0.717) is 16.1 Å². The molecule has 5 N–H and O–H groups in total. The summed E-state index contributed by atoms with van der Waals surface area (Å²) in [6.07, 6.45) is 4.51. The highest BCUT2D eigenvalue weighted by atomic mass is 32.1. The van der Waals surface area contributed by atoms with E-state index in [4.69, 9.17) is 11.1 Å². The lowest BCUT2D eigenvalue weighted by Crippen LogP contribution is -2.30. The molecule has 166 valence electrons. The van der Waals surface area contributed by atoms with Crippen molar-refractivity contribution in [3.8, 4) is 16.3 Å². The highest BCUT2D eigenvalue weighted by molar-refractivity contribution is 7.17. The Morgan fingerprint density at radius 1 is 1.18 bits per heavy atom. The molecule has 0 aliphatic carbocycles. The molecule has 0 radical (unpaired) electrons. The molecule has 3 aromatic heterocycles. The Morgan fingerprint density at radius 2 is 2.03 bits per heavy atom. The standard InChI is InChI=1S/C24H20FN5O2S/c25-16-4-3-6-20(31)23(16)19(11-17(27)14-10-15(26)13-28-12-14)30-24(32)22-8-7-21(33-22)18-5-1-2-9-29-18/h1-10,12-13,19,27,31H,11,26H2,(H,30,32). The van der Waals surface area contributed by atoms with Crippen LogP contribution in [0.25, 0.3) is 10.6 Å². The van der Waals surface area contributed by atoms with Gasteiger partial charge in [-0.1, -0.05) is 12.1 Å². The summed E-state index contributed by atoms with van der Waals surface area (Å²) in [5.41, 5.74) is 7.32. The molecule has 0 saturated carbocycles. The third kappa shape index (κ3) is 5.04. The van der Waals surface area contributed by atoms with Crippen molar-refractivity contribution >= 4 is 28.6 Å². The van der Waals surface area contributed by atoms with Gasteiger partial charge in [0.2, 0.25) is 0 Å². The number of nitrogens with two attached hydrogens (primary N) is 1. The van der Waals surface area contributed by atoms with Gasteiger partial charge in [0, 0.05) is 36.3 Å². The second-order valence-corrected chi connectivity index (χ2v) is 8.35. The number of phenolic OH excluding ortho intramolecular Hbond substituents is 1. The van der Waals surface area contributed by atoms with Gasteiger partial charge in [-0.15, -0.1) is 11.3 Å². The van der Waals surface area contributed by atoms with Crippen LogP contribution in [0.3, 0.4) is 0 Å². The Bertz CT molecular complexity index is 1290. The number of rotatable bonds is 7. The van der Waals surface area contributed by atoms with Crippen LogP contribution in [0.2, 0.25) is 0 Å². The Kier molecular flexibility index (Phi) is 6.41. The molecule has 0 aliphatic rings. The van der Waals surface area contributed by atoms with Gasteiger partial charge in [0.25, 0.3) is 5.91 Å². The highest BCUT2D eigenvalue weighted by Crippen LogP contribution is 2.32. The second-order valence-electron chi connectivity index (χ2n) is 7.27. The molecule has 3 heterocycles. The number of phenols is 1. The molecule has 4 aromatic rings. The first-order chi connectivity index (χ1) is 15.9. The summed E-state index contributed by atoms with van der Waals surface area (Å²) in [6, 6.07) is 13.5. The number of hydrogen-bond donors (Lipinski definition) is 4. The van der Waals surface area contributed by atoms with Crippen LogP contribution >= 0.6 is 11.3 Å². The number of anilines is 1. The van der Waals surface area contributed by atoms with Gasteiger partial charge in [-0.2, -0.15) is 0 Å². The summed E-state index contributed by atoms with van der Waals surface area (Å²) in [7, 11) is 0. The minimum atomic E-state index is -0.993. The zero-order valence-corrected chi connectivity index (χ0v) is 18.1. The van der Waals surface area contributed by atoms with Gasteiger partial charge in [0.15, 0.2) is 0 Å². The minimum Gasteiger partial charge on any atom is -0.507 e. The zero-order valence-electron chi connectivity index (χ0n) is 17.3. The summed E-state index contributed by atoms with van der Waals surface area (Å²) in [6.45, 7) is 0. The number of aromatic hydroxyl groups is 1. The molecule has 0 spiro atoms. The fourth-order valence-corrected chi connectivity index (χ4v) is 4.26. The molecule has 9 heteroatoms. The lowest BCUT2D eigenvalue weighted by atomic mass is 9.96. The SMILES string of the molecule is N=C(CC(NC(=O)c1ccc(-c2ccccn2)s1)c1c(O)cccc1F)c1cncc(N)c1. The maximum atomic E-state index is 14.7. The Morgan fingerprint density at radius 3 is 2.76 bits per heavy atom. The smallest absolute Gasteiger partial charge is 0.261 e. The Hall–Kier alpha value is -4.11. The number of hydrogen-bond acceptors (Lipinski definition) is 7. The first-order valence-electron chi connectivity index (χ1n) is 10.00. The zero-order chi connectivity index (χ0) is 23.4. The molecule has 1 aromatic carbocycles. The highest BCUT2D eigenvalue weighted by Gasteiger charge is 2.25. The number of benzene rings is 1. The molecule has 1 atom stereocenters. The van der Waals surface area contributed by atoms with Gasteiger partial charge >= 0.3 is 0 Å². The number of nitrogen functional groups attached to an aromatic ring is 1. The van der Waals surface area contributed by atoms with Crippen molar-refractivity contribution in [1.82, 2.24) is 15.3 Å². The number of amides is 1. The van der Waals surface area contributed by atoms with Crippen molar-refractivity contribution in [2.75, 3.05) is 5.73 Å².